The second-order valence-corrected chi connectivity index (χ2v) is 16.0. The first-order valence-corrected chi connectivity index (χ1v) is 15.8. The average molecular weight is 605 g/mol. The van der Waals surface area contributed by atoms with Crippen LogP contribution >= 0.6 is 28.1 Å². The van der Waals surface area contributed by atoms with Crippen molar-refractivity contribution in [1.29, 1.82) is 0 Å². The lowest BCUT2D eigenvalue weighted by Gasteiger charge is -2.43. The largest absolute Gasteiger partial charge is 0.533 e. The van der Waals surface area contributed by atoms with Crippen molar-refractivity contribution >= 4 is 63.5 Å². The number of nitrogens with zero attached hydrogens (tertiary/aromatic N) is 1. The van der Waals surface area contributed by atoms with Crippen molar-refractivity contribution in [3.8, 4) is 5.75 Å². The van der Waals surface area contributed by atoms with E-state index in [4.69, 9.17) is 21.6 Å². The maximum atomic E-state index is 7.34. The van der Waals surface area contributed by atoms with Crippen molar-refractivity contribution in [1.82, 2.24) is 4.98 Å². The molecule has 0 saturated carbocycles. The van der Waals surface area contributed by atoms with Crippen LogP contribution in [0, 0.1) is 20.8 Å². The van der Waals surface area contributed by atoms with E-state index in [9.17, 15) is 0 Å². The predicted molar refractivity (Wildman–Crippen MR) is 171 cm³/mol. The molecule has 196 valence electrons. The summed E-state index contributed by atoms with van der Waals surface area (Å²) in [5.74, 6) is 1.57. The Morgan fingerprint density at radius 3 is 1.82 bits per heavy atom. The van der Waals surface area contributed by atoms with E-state index < -0.39 is 8.32 Å². The maximum Gasteiger partial charge on any atom is 0.320 e. The molecule has 0 fully saturated rings. The van der Waals surface area contributed by atoms with Gasteiger partial charge in [-0.05, 0) is 83.8 Å². The number of hydrogen-bond donors (Lipinski definition) is 2. The number of aromatic nitrogens is 1. The first kappa shape index (κ1) is 28.0. The van der Waals surface area contributed by atoms with E-state index in [1.165, 1.54) is 10.4 Å². The van der Waals surface area contributed by atoms with Crippen LogP contribution in [0.5, 0.6) is 5.75 Å². The summed E-state index contributed by atoms with van der Waals surface area (Å²) in [4.78, 5) is 4.93. The molecule has 0 aliphatic heterocycles. The first-order valence-electron chi connectivity index (χ1n) is 12.6. The van der Waals surface area contributed by atoms with Crippen molar-refractivity contribution in [2.24, 2.45) is 0 Å². The van der Waals surface area contributed by atoms with Gasteiger partial charge in [0.15, 0.2) is 5.11 Å². The number of pyridine rings is 1. The van der Waals surface area contributed by atoms with Gasteiger partial charge in [-0.3, -0.25) is 0 Å². The SMILES string of the molecule is Cc1nc(NC(=S)Nc2ccc(Br)cc2)c(C)c(C)c1O[Si](c1ccccc1)(c1ccccc1)C(C)(C)C. The number of halogens is 1. The third-order valence-electron chi connectivity index (χ3n) is 6.87. The van der Waals surface area contributed by atoms with E-state index in [2.05, 4.69) is 122 Å². The number of hydrogen-bond acceptors (Lipinski definition) is 3. The molecule has 0 amide bonds. The Morgan fingerprint density at radius 1 is 0.789 bits per heavy atom. The lowest BCUT2D eigenvalue weighted by atomic mass is 10.1. The van der Waals surface area contributed by atoms with Crippen molar-refractivity contribution in [3.05, 3.63) is 106 Å². The van der Waals surface area contributed by atoms with Crippen LogP contribution in [0.3, 0.4) is 0 Å². The molecule has 0 unspecified atom stereocenters. The third-order valence-corrected chi connectivity index (χ3v) is 12.5. The summed E-state index contributed by atoms with van der Waals surface area (Å²) in [6.07, 6.45) is 0. The minimum Gasteiger partial charge on any atom is -0.533 e. The molecule has 2 N–H and O–H groups in total. The highest BCUT2D eigenvalue weighted by atomic mass is 79.9. The Kier molecular flexibility index (Phi) is 8.40. The Labute approximate surface area is 241 Å². The Bertz CT molecular complexity index is 1380. The molecular formula is C31H34BrN3OSSi. The Hall–Kier alpha value is -3.00. The zero-order chi connectivity index (χ0) is 27.5. The van der Waals surface area contributed by atoms with E-state index in [1.54, 1.807) is 0 Å². The van der Waals surface area contributed by atoms with Crippen LogP contribution < -0.4 is 25.4 Å². The van der Waals surface area contributed by atoms with Crippen LogP contribution in [-0.2, 0) is 0 Å². The van der Waals surface area contributed by atoms with Crippen molar-refractivity contribution in [2.75, 3.05) is 10.6 Å². The summed E-state index contributed by atoms with van der Waals surface area (Å²) in [7, 11) is -2.78. The molecular weight excluding hydrogens is 570 g/mol. The predicted octanol–water partition coefficient (Wildman–Crippen LogP) is 7.52. The van der Waals surface area contributed by atoms with Gasteiger partial charge in [0.1, 0.15) is 11.6 Å². The summed E-state index contributed by atoms with van der Waals surface area (Å²) in [5.41, 5.74) is 3.79. The first-order chi connectivity index (χ1) is 18.0. The van der Waals surface area contributed by atoms with Crippen LogP contribution in [0.4, 0.5) is 11.5 Å². The fourth-order valence-corrected chi connectivity index (χ4v) is 9.82. The highest BCUT2D eigenvalue weighted by Gasteiger charge is 2.52. The molecule has 38 heavy (non-hydrogen) atoms. The van der Waals surface area contributed by atoms with E-state index in [-0.39, 0.29) is 5.04 Å². The number of rotatable bonds is 6. The highest BCUT2D eigenvalue weighted by molar-refractivity contribution is 9.10. The average Bonchev–Trinajstić information content (AvgIpc) is 2.89. The lowest BCUT2D eigenvalue weighted by molar-refractivity contribution is 0.498. The molecule has 0 aliphatic rings. The highest BCUT2D eigenvalue weighted by Crippen LogP contribution is 2.40. The second kappa shape index (κ2) is 11.4. The summed E-state index contributed by atoms with van der Waals surface area (Å²) in [6, 6.07) is 29.2. The van der Waals surface area contributed by atoms with Gasteiger partial charge in [0.25, 0.3) is 0 Å². The molecule has 0 radical (unpaired) electrons. The van der Waals surface area contributed by atoms with Crippen molar-refractivity contribution in [3.63, 3.8) is 0 Å². The van der Waals surface area contributed by atoms with Crippen LogP contribution in [0.1, 0.15) is 37.6 Å². The summed E-state index contributed by atoms with van der Waals surface area (Å²) in [6.45, 7) is 13.0. The molecule has 0 spiro atoms. The number of nitrogens with one attached hydrogen (secondary N) is 2. The maximum absolute atomic E-state index is 7.34. The van der Waals surface area contributed by atoms with E-state index in [0.717, 1.165) is 38.5 Å². The van der Waals surface area contributed by atoms with Gasteiger partial charge in [-0.25, -0.2) is 4.98 Å². The van der Waals surface area contributed by atoms with Crippen LogP contribution in [-0.4, -0.2) is 18.4 Å². The number of benzene rings is 3. The normalized spacial score (nSPS) is 11.7. The van der Waals surface area contributed by atoms with E-state index in [0.29, 0.717) is 5.11 Å². The molecule has 4 nitrogen and oxygen atoms in total. The molecule has 0 atom stereocenters. The standard InChI is InChI=1S/C31H34BrN3OSSi/c1-21-22(2)29(35-30(37)34-25-19-17-24(32)18-20-25)33-23(3)28(21)36-38(31(4,5)6,26-13-9-7-10-14-26)27-15-11-8-12-16-27/h7-20H,1-6H3,(H2,33,34,35,37). The topological polar surface area (TPSA) is 46.2 Å². The molecule has 7 heteroatoms. The second-order valence-electron chi connectivity index (χ2n) is 10.5. The molecule has 1 aromatic heterocycles. The fraction of sp³-hybridized carbons (Fsp3) is 0.226. The number of thiocarbonyl (C=S) groups is 1. The Balaban J connectivity index is 1.75. The molecule has 3 aromatic carbocycles. The Morgan fingerprint density at radius 2 is 1.32 bits per heavy atom. The zero-order valence-electron chi connectivity index (χ0n) is 22.7. The van der Waals surface area contributed by atoms with E-state index >= 15 is 0 Å². The van der Waals surface area contributed by atoms with Gasteiger partial charge in [-0.15, -0.1) is 0 Å². The van der Waals surface area contributed by atoms with Gasteiger partial charge in [-0.1, -0.05) is 97.4 Å². The van der Waals surface area contributed by atoms with Gasteiger partial charge in [0, 0.05) is 10.2 Å². The monoisotopic (exact) mass is 603 g/mol. The summed E-state index contributed by atoms with van der Waals surface area (Å²) in [5, 5.41) is 9.34. The molecule has 0 aliphatic carbocycles. The van der Waals surface area contributed by atoms with Crippen LogP contribution in [0.25, 0.3) is 0 Å². The van der Waals surface area contributed by atoms with Crippen LogP contribution in [0.15, 0.2) is 89.4 Å². The molecule has 0 saturated heterocycles. The van der Waals surface area contributed by atoms with E-state index in [1.807, 2.05) is 31.2 Å². The van der Waals surface area contributed by atoms with Gasteiger partial charge >= 0.3 is 8.32 Å². The minimum atomic E-state index is -2.78. The molecule has 1 heterocycles. The number of aryl methyl sites for hydroxylation is 1. The van der Waals surface area contributed by atoms with Crippen molar-refractivity contribution < 1.29 is 4.43 Å². The summed E-state index contributed by atoms with van der Waals surface area (Å²) < 4.78 is 8.36. The quantitative estimate of drug-likeness (QED) is 0.176. The lowest BCUT2D eigenvalue weighted by Crippen LogP contribution is -2.69. The summed E-state index contributed by atoms with van der Waals surface area (Å²) >= 11 is 9.06. The molecule has 4 rings (SSSR count). The zero-order valence-corrected chi connectivity index (χ0v) is 26.1. The van der Waals surface area contributed by atoms with Crippen molar-refractivity contribution in [2.45, 2.75) is 46.6 Å². The van der Waals surface area contributed by atoms with Crippen LogP contribution in [0.2, 0.25) is 5.04 Å². The third kappa shape index (κ3) is 5.70. The molecule has 4 aromatic rings. The molecule has 0 bridgehead atoms. The minimum absolute atomic E-state index is 0.143. The smallest absolute Gasteiger partial charge is 0.320 e. The number of anilines is 2. The fourth-order valence-electron chi connectivity index (χ4n) is 4.80. The van der Waals surface area contributed by atoms with Gasteiger partial charge in [0.2, 0.25) is 0 Å². The van der Waals surface area contributed by atoms with Gasteiger partial charge in [-0.2, -0.15) is 0 Å². The van der Waals surface area contributed by atoms with Gasteiger partial charge < -0.3 is 15.1 Å². The van der Waals surface area contributed by atoms with Gasteiger partial charge in [0.05, 0.1) is 5.69 Å².